The Morgan fingerprint density at radius 3 is 2.63 bits per heavy atom. The minimum absolute atomic E-state index is 0.0725. The Morgan fingerprint density at radius 1 is 1.11 bits per heavy atom. The highest BCUT2D eigenvalue weighted by atomic mass is 35.5. The van der Waals surface area contributed by atoms with E-state index < -0.39 is 0 Å². The van der Waals surface area contributed by atoms with Gasteiger partial charge in [0.05, 0.1) is 0 Å². The van der Waals surface area contributed by atoms with Crippen LogP contribution in [0, 0.1) is 13.8 Å². The Bertz CT molecular complexity index is 619. The fourth-order valence-corrected chi connectivity index (χ4v) is 2.87. The van der Waals surface area contributed by atoms with Gasteiger partial charge in [-0.1, -0.05) is 35.9 Å². The molecule has 1 nitrogen and oxygen atoms in total. The number of halogens is 1. The van der Waals surface area contributed by atoms with Crippen LogP contribution in [0.5, 0.6) is 5.75 Å². The van der Waals surface area contributed by atoms with Gasteiger partial charge in [0.15, 0.2) is 0 Å². The first-order valence-corrected chi connectivity index (χ1v) is 7.04. The average molecular weight is 273 g/mol. The molecule has 1 atom stereocenters. The number of hydrogen-bond donors (Lipinski definition) is 0. The molecule has 1 aliphatic heterocycles. The summed E-state index contributed by atoms with van der Waals surface area (Å²) in [7, 11) is 0. The van der Waals surface area contributed by atoms with Crippen LogP contribution < -0.4 is 4.74 Å². The Morgan fingerprint density at radius 2 is 1.84 bits per heavy atom. The molecule has 2 aromatic rings. The van der Waals surface area contributed by atoms with Gasteiger partial charge < -0.3 is 4.74 Å². The maximum Gasteiger partial charge on any atom is 0.125 e. The van der Waals surface area contributed by atoms with Crippen LogP contribution in [0.25, 0.3) is 0 Å². The van der Waals surface area contributed by atoms with Crippen molar-refractivity contribution in [1.82, 2.24) is 0 Å². The van der Waals surface area contributed by atoms with Crippen LogP contribution in [0.15, 0.2) is 36.4 Å². The van der Waals surface area contributed by atoms with Crippen LogP contribution in [0.2, 0.25) is 5.02 Å². The van der Waals surface area contributed by atoms with Crippen LogP contribution in [0.1, 0.15) is 34.8 Å². The standard InChI is InChI=1S/C17H17ClO/c1-11-9-13-7-8-16(19-17(13)10-12(11)2)14-5-3-4-6-15(14)18/h3-6,9-10,16H,7-8H2,1-2H3. The van der Waals surface area contributed by atoms with Crippen LogP contribution >= 0.6 is 11.6 Å². The summed E-state index contributed by atoms with van der Waals surface area (Å²) in [5.74, 6) is 1.01. The summed E-state index contributed by atoms with van der Waals surface area (Å²) in [6, 6.07) is 12.3. The molecule has 0 bridgehead atoms. The van der Waals surface area contributed by atoms with E-state index >= 15 is 0 Å². The molecule has 0 fully saturated rings. The van der Waals surface area contributed by atoms with Gasteiger partial charge in [0.2, 0.25) is 0 Å². The number of fused-ring (bicyclic) bond motifs is 1. The molecule has 0 spiro atoms. The van der Waals surface area contributed by atoms with E-state index in [1.165, 1.54) is 16.7 Å². The molecule has 2 aromatic carbocycles. The van der Waals surface area contributed by atoms with Gasteiger partial charge in [-0.15, -0.1) is 0 Å². The Hall–Kier alpha value is -1.47. The molecule has 0 aliphatic carbocycles. The van der Waals surface area contributed by atoms with E-state index in [4.69, 9.17) is 16.3 Å². The Kier molecular flexibility index (Phi) is 3.24. The van der Waals surface area contributed by atoms with Crippen molar-refractivity contribution >= 4 is 11.6 Å². The van der Waals surface area contributed by atoms with E-state index in [0.717, 1.165) is 29.2 Å². The first-order valence-electron chi connectivity index (χ1n) is 6.66. The third kappa shape index (κ3) is 2.35. The zero-order valence-corrected chi connectivity index (χ0v) is 12.0. The van der Waals surface area contributed by atoms with Crippen molar-refractivity contribution in [2.24, 2.45) is 0 Å². The summed E-state index contributed by atoms with van der Waals surface area (Å²) in [5.41, 5.74) is 5.01. The molecule has 0 N–H and O–H groups in total. The molecule has 0 saturated carbocycles. The van der Waals surface area contributed by atoms with E-state index in [1.807, 2.05) is 18.2 Å². The molecule has 98 valence electrons. The zero-order chi connectivity index (χ0) is 13.4. The number of ether oxygens (including phenoxy) is 1. The molecule has 0 radical (unpaired) electrons. The lowest BCUT2D eigenvalue weighted by Crippen LogP contribution is -2.15. The largest absolute Gasteiger partial charge is 0.485 e. The Balaban J connectivity index is 1.94. The van der Waals surface area contributed by atoms with Crippen molar-refractivity contribution in [2.45, 2.75) is 32.8 Å². The second-order valence-electron chi connectivity index (χ2n) is 5.21. The van der Waals surface area contributed by atoms with Crippen molar-refractivity contribution in [1.29, 1.82) is 0 Å². The molecule has 1 unspecified atom stereocenters. The second-order valence-corrected chi connectivity index (χ2v) is 5.62. The number of rotatable bonds is 1. The predicted octanol–water partition coefficient (Wildman–Crippen LogP) is 5.02. The zero-order valence-electron chi connectivity index (χ0n) is 11.2. The molecule has 19 heavy (non-hydrogen) atoms. The van der Waals surface area contributed by atoms with Gasteiger partial charge in [0.1, 0.15) is 11.9 Å². The lowest BCUT2D eigenvalue weighted by molar-refractivity contribution is 0.176. The third-order valence-electron chi connectivity index (χ3n) is 3.87. The van der Waals surface area contributed by atoms with E-state index in [1.54, 1.807) is 0 Å². The highest BCUT2D eigenvalue weighted by Gasteiger charge is 2.23. The lowest BCUT2D eigenvalue weighted by Gasteiger charge is -2.27. The maximum atomic E-state index is 6.26. The predicted molar refractivity (Wildman–Crippen MR) is 79.1 cm³/mol. The Labute approximate surface area is 119 Å². The molecule has 0 amide bonds. The van der Waals surface area contributed by atoms with Gasteiger partial charge in [0, 0.05) is 10.6 Å². The maximum absolute atomic E-state index is 6.26. The first kappa shape index (κ1) is 12.6. The highest BCUT2D eigenvalue weighted by Crippen LogP contribution is 2.38. The van der Waals surface area contributed by atoms with Gasteiger partial charge in [0.25, 0.3) is 0 Å². The molecule has 3 rings (SSSR count). The van der Waals surface area contributed by atoms with E-state index in [9.17, 15) is 0 Å². The van der Waals surface area contributed by atoms with Crippen molar-refractivity contribution in [3.63, 3.8) is 0 Å². The summed E-state index contributed by atoms with van der Waals surface area (Å²) < 4.78 is 6.15. The number of benzene rings is 2. The quantitative estimate of drug-likeness (QED) is 0.708. The summed E-state index contributed by atoms with van der Waals surface area (Å²) in [5, 5.41) is 0.791. The SMILES string of the molecule is Cc1cc2c(cc1C)OC(c1ccccc1Cl)CC2. The molecule has 1 heterocycles. The van der Waals surface area contributed by atoms with Crippen molar-refractivity contribution in [2.75, 3.05) is 0 Å². The van der Waals surface area contributed by atoms with Crippen LogP contribution in [0.3, 0.4) is 0 Å². The fourth-order valence-electron chi connectivity index (χ4n) is 2.61. The van der Waals surface area contributed by atoms with E-state index in [2.05, 4.69) is 32.0 Å². The first-order chi connectivity index (χ1) is 9.15. The van der Waals surface area contributed by atoms with Crippen molar-refractivity contribution in [3.05, 3.63) is 63.7 Å². The minimum atomic E-state index is 0.0725. The van der Waals surface area contributed by atoms with Crippen LogP contribution in [-0.2, 0) is 6.42 Å². The smallest absolute Gasteiger partial charge is 0.125 e. The van der Waals surface area contributed by atoms with Gasteiger partial charge >= 0.3 is 0 Å². The average Bonchev–Trinajstić information content (AvgIpc) is 2.40. The molecule has 2 heteroatoms. The van der Waals surface area contributed by atoms with Crippen LogP contribution in [-0.4, -0.2) is 0 Å². The van der Waals surface area contributed by atoms with E-state index in [0.29, 0.717) is 0 Å². The topological polar surface area (TPSA) is 9.23 Å². The summed E-state index contributed by atoms with van der Waals surface area (Å²) in [6.45, 7) is 4.27. The second kappa shape index (κ2) is 4.90. The van der Waals surface area contributed by atoms with Gasteiger partial charge in [-0.25, -0.2) is 0 Å². The lowest BCUT2D eigenvalue weighted by atomic mass is 9.95. The van der Waals surface area contributed by atoms with Crippen molar-refractivity contribution in [3.8, 4) is 5.75 Å². The molecule has 1 aliphatic rings. The molecular weight excluding hydrogens is 256 g/mol. The monoisotopic (exact) mass is 272 g/mol. The molecular formula is C17H17ClO. The highest BCUT2D eigenvalue weighted by molar-refractivity contribution is 6.31. The third-order valence-corrected chi connectivity index (χ3v) is 4.22. The van der Waals surface area contributed by atoms with Gasteiger partial charge in [-0.3, -0.25) is 0 Å². The van der Waals surface area contributed by atoms with Crippen LogP contribution in [0.4, 0.5) is 0 Å². The summed E-state index contributed by atoms with van der Waals surface area (Å²) >= 11 is 6.26. The number of hydrogen-bond acceptors (Lipinski definition) is 1. The van der Waals surface area contributed by atoms with Crippen molar-refractivity contribution < 1.29 is 4.74 Å². The molecule has 0 aromatic heterocycles. The van der Waals surface area contributed by atoms with E-state index in [-0.39, 0.29) is 6.10 Å². The van der Waals surface area contributed by atoms with Gasteiger partial charge in [-0.05, 0) is 55.5 Å². The summed E-state index contributed by atoms with van der Waals surface area (Å²) in [4.78, 5) is 0. The summed E-state index contributed by atoms with van der Waals surface area (Å²) in [6.07, 6.45) is 2.11. The minimum Gasteiger partial charge on any atom is -0.485 e. The molecule has 0 saturated heterocycles. The number of aryl methyl sites for hydroxylation is 3. The van der Waals surface area contributed by atoms with Gasteiger partial charge in [-0.2, -0.15) is 0 Å². The fraction of sp³-hybridized carbons (Fsp3) is 0.294. The normalized spacial score (nSPS) is 17.7.